The van der Waals surface area contributed by atoms with Gasteiger partial charge in [-0.25, -0.2) is 0 Å². The fourth-order valence-corrected chi connectivity index (χ4v) is 1.63. The van der Waals surface area contributed by atoms with Crippen molar-refractivity contribution in [1.29, 1.82) is 0 Å². The zero-order valence-electron chi connectivity index (χ0n) is 8.83. The van der Waals surface area contributed by atoms with Gasteiger partial charge in [0.2, 0.25) is 0 Å². The molecule has 0 spiro atoms. The molecule has 15 heavy (non-hydrogen) atoms. The van der Waals surface area contributed by atoms with Gasteiger partial charge < -0.3 is 15.8 Å². The summed E-state index contributed by atoms with van der Waals surface area (Å²) < 4.78 is 5.51. The van der Waals surface area contributed by atoms with E-state index in [2.05, 4.69) is 5.32 Å². The molecule has 0 atom stereocenters. The van der Waals surface area contributed by atoms with Crippen molar-refractivity contribution >= 4 is 11.6 Å². The zero-order valence-corrected chi connectivity index (χ0v) is 8.83. The maximum absolute atomic E-state index is 11.4. The van der Waals surface area contributed by atoms with Gasteiger partial charge in [-0.05, 0) is 31.5 Å². The van der Waals surface area contributed by atoms with E-state index in [-0.39, 0.29) is 12.0 Å². The second kappa shape index (κ2) is 3.46. The molecule has 0 bridgehead atoms. The highest BCUT2D eigenvalue weighted by Gasteiger charge is 2.21. The first-order chi connectivity index (χ1) is 7.08. The molecule has 0 radical (unpaired) electrons. The molecule has 0 aliphatic carbocycles. The largest absolute Gasteiger partial charge is 0.489 e. The smallest absolute Gasteiger partial charge is 0.252 e. The molecule has 0 fully saturated rings. The Morgan fingerprint density at radius 2 is 2.20 bits per heavy atom. The van der Waals surface area contributed by atoms with Crippen LogP contribution < -0.4 is 15.8 Å². The summed E-state index contributed by atoms with van der Waals surface area (Å²) in [6, 6.07) is 3.51. The topological polar surface area (TPSA) is 64.3 Å². The maximum Gasteiger partial charge on any atom is 0.252 e. The van der Waals surface area contributed by atoms with E-state index in [0.717, 1.165) is 5.56 Å². The molecular formula is C11H14N2O2. The van der Waals surface area contributed by atoms with Crippen LogP contribution in [0.2, 0.25) is 0 Å². The molecule has 0 saturated heterocycles. The molecule has 1 aliphatic heterocycles. The lowest BCUT2D eigenvalue weighted by Gasteiger charge is -2.12. The summed E-state index contributed by atoms with van der Waals surface area (Å²) in [6.07, 6.45) is 0.0508. The highest BCUT2D eigenvalue weighted by molar-refractivity contribution is 5.99. The van der Waals surface area contributed by atoms with Crippen molar-refractivity contribution < 1.29 is 9.53 Å². The number of ether oxygens (including phenoxy) is 1. The standard InChI is InChI=1S/C11H14N2O2/c1-6(2)15-10-4-8-7(3-9(10)12)5-13-11(8)14/h3-4,6H,5,12H2,1-2H3,(H,13,14). The molecule has 0 saturated carbocycles. The third-order valence-corrected chi connectivity index (χ3v) is 2.28. The lowest BCUT2D eigenvalue weighted by molar-refractivity contribution is 0.0965. The van der Waals surface area contributed by atoms with Crippen molar-refractivity contribution in [1.82, 2.24) is 5.32 Å². The average Bonchev–Trinajstić information content (AvgIpc) is 2.48. The molecule has 0 unspecified atom stereocenters. The van der Waals surface area contributed by atoms with E-state index in [1.165, 1.54) is 0 Å². The Kier molecular flexibility index (Phi) is 2.26. The van der Waals surface area contributed by atoms with Crippen molar-refractivity contribution in [3.8, 4) is 5.75 Å². The van der Waals surface area contributed by atoms with Gasteiger partial charge in [0.25, 0.3) is 5.91 Å². The highest BCUT2D eigenvalue weighted by atomic mass is 16.5. The number of nitrogens with two attached hydrogens (primary N) is 1. The van der Waals surface area contributed by atoms with Gasteiger partial charge in [-0.3, -0.25) is 4.79 Å². The summed E-state index contributed by atoms with van der Waals surface area (Å²) in [7, 11) is 0. The molecular weight excluding hydrogens is 192 g/mol. The van der Waals surface area contributed by atoms with Gasteiger partial charge in [-0.1, -0.05) is 0 Å². The summed E-state index contributed by atoms with van der Waals surface area (Å²) in [5.41, 5.74) is 8.01. The van der Waals surface area contributed by atoms with E-state index in [1.807, 2.05) is 13.8 Å². The minimum Gasteiger partial charge on any atom is -0.489 e. The van der Waals surface area contributed by atoms with Gasteiger partial charge in [0.05, 0.1) is 11.8 Å². The first-order valence-electron chi connectivity index (χ1n) is 4.95. The second-order valence-corrected chi connectivity index (χ2v) is 3.90. The number of carbonyl (C=O) groups is 1. The van der Waals surface area contributed by atoms with E-state index in [0.29, 0.717) is 23.5 Å². The summed E-state index contributed by atoms with van der Waals surface area (Å²) in [5, 5.41) is 2.74. The second-order valence-electron chi connectivity index (χ2n) is 3.90. The predicted octanol–water partition coefficient (Wildman–Crippen LogP) is 1.30. The fraction of sp³-hybridized carbons (Fsp3) is 0.364. The maximum atomic E-state index is 11.4. The predicted molar refractivity (Wildman–Crippen MR) is 57.8 cm³/mol. The molecule has 3 N–H and O–H groups in total. The Morgan fingerprint density at radius 3 is 2.87 bits per heavy atom. The van der Waals surface area contributed by atoms with Crippen LogP contribution in [-0.2, 0) is 6.54 Å². The van der Waals surface area contributed by atoms with Crippen LogP contribution in [0, 0.1) is 0 Å². The van der Waals surface area contributed by atoms with Crippen LogP contribution in [-0.4, -0.2) is 12.0 Å². The molecule has 4 nitrogen and oxygen atoms in total. The van der Waals surface area contributed by atoms with E-state index in [4.69, 9.17) is 10.5 Å². The summed E-state index contributed by atoms with van der Waals surface area (Å²) in [4.78, 5) is 11.4. The van der Waals surface area contributed by atoms with Crippen LogP contribution in [0.1, 0.15) is 29.8 Å². The molecule has 1 amide bonds. The van der Waals surface area contributed by atoms with E-state index >= 15 is 0 Å². The van der Waals surface area contributed by atoms with E-state index < -0.39 is 0 Å². The number of amides is 1. The van der Waals surface area contributed by atoms with Crippen LogP contribution in [0.3, 0.4) is 0 Å². The van der Waals surface area contributed by atoms with Crippen molar-refractivity contribution in [2.24, 2.45) is 0 Å². The Labute approximate surface area is 88.4 Å². The normalized spacial score (nSPS) is 13.9. The summed E-state index contributed by atoms with van der Waals surface area (Å²) in [5.74, 6) is 0.527. The zero-order chi connectivity index (χ0) is 11.0. The number of benzene rings is 1. The van der Waals surface area contributed by atoms with Gasteiger partial charge in [0, 0.05) is 12.1 Å². The number of fused-ring (bicyclic) bond motifs is 1. The van der Waals surface area contributed by atoms with Gasteiger partial charge >= 0.3 is 0 Å². The van der Waals surface area contributed by atoms with Crippen molar-refractivity contribution in [2.45, 2.75) is 26.5 Å². The van der Waals surface area contributed by atoms with Gasteiger partial charge in [0.15, 0.2) is 0 Å². The number of hydrogen-bond acceptors (Lipinski definition) is 3. The Morgan fingerprint density at radius 1 is 1.47 bits per heavy atom. The number of nitrogens with one attached hydrogen (secondary N) is 1. The Bertz CT molecular complexity index is 413. The molecule has 2 rings (SSSR count). The molecule has 80 valence electrons. The Balaban J connectivity index is 2.41. The van der Waals surface area contributed by atoms with Crippen LogP contribution in [0.25, 0.3) is 0 Å². The number of nitrogen functional groups attached to an aromatic ring is 1. The monoisotopic (exact) mass is 206 g/mol. The quantitative estimate of drug-likeness (QED) is 0.717. The molecule has 0 aromatic heterocycles. The number of carbonyl (C=O) groups excluding carboxylic acids is 1. The third-order valence-electron chi connectivity index (χ3n) is 2.28. The molecule has 4 heteroatoms. The number of rotatable bonds is 2. The van der Waals surface area contributed by atoms with Gasteiger partial charge in [-0.2, -0.15) is 0 Å². The van der Waals surface area contributed by atoms with Crippen LogP contribution >= 0.6 is 0 Å². The van der Waals surface area contributed by atoms with E-state index in [1.54, 1.807) is 12.1 Å². The third kappa shape index (κ3) is 1.75. The van der Waals surface area contributed by atoms with Crippen LogP contribution in [0.4, 0.5) is 5.69 Å². The lowest BCUT2D eigenvalue weighted by atomic mass is 10.1. The highest BCUT2D eigenvalue weighted by Crippen LogP contribution is 2.29. The number of hydrogen-bond donors (Lipinski definition) is 2. The van der Waals surface area contributed by atoms with Gasteiger partial charge in [-0.15, -0.1) is 0 Å². The first-order valence-corrected chi connectivity index (χ1v) is 4.95. The van der Waals surface area contributed by atoms with Crippen LogP contribution in [0.15, 0.2) is 12.1 Å². The van der Waals surface area contributed by atoms with Crippen molar-refractivity contribution in [2.75, 3.05) is 5.73 Å². The minimum absolute atomic E-state index is 0.0508. The first kappa shape index (κ1) is 9.83. The summed E-state index contributed by atoms with van der Waals surface area (Å²) >= 11 is 0. The minimum atomic E-state index is -0.0568. The van der Waals surface area contributed by atoms with Crippen LogP contribution in [0.5, 0.6) is 5.75 Å². The molecule has 1 aliphatic rings. The van der Waals surface area contributed by atoms with E-state index in [9.17, 15) is 4.79 Å². The SMILES string of the molecule is CC(C)Oc1cc2c(cc1N)CNC2=O. The molecule has 1 heterocycles. The lowest BCUT2D eigenvalue weighted by Crippen LogP contribution is -2.12. The molecule has 1 aromatic carbocycles. The fourth-order valence-electron chi connectivity index (χ4n) is 1.63. The van der Waals surface area contributed by atoms with Crippen molar-refractivity contribution in [3.63, 3.8) is 0 Å². The molecule has 1 aromatic rings. The number of anilines is 1. The van der Waals surface area contributed by atoms with Crippen molar-refractivity contribution in [3.05, 3.63) is 23.3 Å². The van der Waals surface area contributed by atoms with Gasteiger partial charge in [0.1, 0.15) is 5.75 Å². The average molecular weight is 206 g/mol. The summed E-state index contributed by atoms with van der Waals surface area (Å²) in [6.45, 7) is 4.40. The Hall–Kier alpha value is -1.71.